The molecule has 0 saturated carbocycles. The predicted octanol–water partition coefficient (Wildman–Crippen LogP) is 2.10. The van der Waals surface area contributed by atoms with Gasteiger partial charge in [0.25, 0.3) is 0 Å². The van der Waals surface area contributed by atoms with Gasteiger partial charge in [-0.2, -0.15) is 0 Å². The summed E-state index contributed by atoms with van der Waals surface area (Å²) in [5, 5.41) is 0. The molecule has 0 fully saturated rings. The fraction of sp³-hybridized carbons (Fsp3) is 1.00. The largest absolute Gasteiger partial charge is 0.253 e. The molecule has 0 aliphatic carbocycles. The Balaban J connectivity index is 3.70. The van der Waals surface area contributed by atoms with Crippen molar-refractivity contribution in [2.75, 3.05) is 11.5 Å². The number of hydrogen-bond acceptors (Lipinski definition) is 2. The van der Waals surface area contributed by atoms with Gasteiger partial charge >= 0.3 is 0 Å². The van der Waals surface area contributed by atoms with E-state index < -0.39 is 9.73 Å². The standard InChI is InChI=1S/C7H17NOS/c1-4-10(8,9)6-5-7(2)3/h7-8H,4-6H2,1-3H3/t10-/m0/s1. The summed E-state index contributed by atoms with van der Waals surface area (Å²) >= 11 is 0. The van der Waals surface area contributed by atoms with Crippen molar-refractivity contribution in [2.24, 2.45) is 5.92 Å². The molecule has 3 heteroatoms. The lowest BCUT2D eigenvalue weighted by Crippen LogP contribution is -2.08. The van der Waals surface area contributed by atoms with Crippen molar-refractivity contribution in [3.8, 4) is 0 Å². The molecule has 0 aliphatic rings. The smallest absolute Gasteiger partial charge is 0.0438 e. The van der Waals surface area contributed by atoms with Gasteiger partial charge < -0.3 is 0 Å². The van der Waals surface area contributed by atoms with Gasteiger partial charge in [0.15, 0.2) is 0 Å². The highest BCUT2D eigenvalue weighted by Gasteiger charge is 2.03. The monoisotopic (exact) mass is 163 g/mol. The minimum Gasteiger partial charge on any atom is -0.253 e. The van der Waals surface area contributed by atoms with Crippen LogP contribution in [0.4, 0.5) is 0 Å². The maximum absolute atomic E-state index is 11.1. The number of nitrogens with one attached hydrogen (secondary N) is 1. The molecule has 0 aromatic carbocycles. The molecule has 0 heterocycles. The Hall–Kier alpha value is -0.0500. The third-order valence-corrected chi connectivity index (χ3v) is 3.32. The molecule has 0 spiro atoms. The van der Waals surface area contributed by atoms with Crippen LogP contribution in [0.25, 0.3) is 0 Å². The van der Waals surface area contributed by atoms with E-state index in [-0.39, 0.29) is 0 Å². The average Bonchev–Trinajstić information content (AvgIpc) is 1.85. The summed E-state index contributed by atoms with van der Waals surface area (Å²) < 4.78 is 18.4. The van der Waals surface area contributed by atoms with E-state index in [1.807, 2.05) is 6.92 Å². The minimum atomic E-state index is -2.21. The van der Waals surface area contributed by atoms with Crippen LogP contribution in [0.1, 0.15) is 27.2 Å². The highest BCUT2D eigenvalue weighted by atomic mass is 32.2. The first kappa shape index (κ1) is 9.95. The normalized spacial score (nSPS) is 17.2. The van der Waals surface area contributed by atoms with Crippen LogP contribution in [0.5, 0.6) is 0 Å². The van der Waals surface area contributed by atoms with E-state index in [0.29, 0.717) is 17.4 Å². The molecule has 0 saturated heterocycles. The molecule has 10 heavy (non-hydrogen) atoms. The summed E-state index contributed by atoms with van der Waals surface area (Å²) in [6, 6.07) is 0. The van der Waals surface area contributed by atoms with E-state index in [0.717, 1.165) is 6.42 Å². The lowest BCUT2D eigenvalue weighted by molar-refractivity contribution is 0.616. The van der Waals surface area contributed by atoms with Gasteiger partial charge in [0.05, 0.1) is 0 Å². The second kappa shape index (κ2) is 3.96. The Morgan fingerprint density at radius 3 is 2.30 bits per heavy atom. The van der Waals surface area contributed by atoms with E-state index in [1.54, 1.807) is 0 Å². The van der Waals surface area contributed by atoms with Crippen molar-refractivity contribution in [2.45, 2.75) is 27.2 Å². The van der Waals surface area contributed by atoms with Crippen molar-refractivity contribution in [3.05, 3.63) is 0 Å². The molecule has 0 aromatic rings. The molecule has 62 valence electrons. The molecule has 0 rings (SSSR count). The molecule has 0 radical (unpaired) electrons. The molecule has 1 N–H and O–H groups in total. The van der Waals surface area contributed by atoms with Crippen molar-refractivity contribution >= 4 is 9.73 Å². The lowest BCUT2D eigenvalue weighted by Gasteiger charge is -2.05. The van der Waals surface area contributed by atoms with Crippen molar-refractivity contribution in [1.29, 1.82) is 4.78 Å². The second-order valence-corrected chi connectivity index (χ2v) is 5.60. The summed E-state index contributed by atoms with van der Waals surface area (Å²) in [6.07, 6.45) is 0.913. The third kappa shape index (κ3) is 4.79. The predicted molar refractivity (Wildman–Crippen MR) is 45.7 cm³/mol. The molecule has 0 bridgehead atoms. The Morgan fingerprint density at radius 1 is 1.50 bits per heavy atom. The van der Waals surface area contributed by atoms with Crippen LogP contribution in [0.3, 0.4) is 0 Å². The van der Waals surface area contributed by atoms with Crippen LogP contribution in [0.2, 0.25) is 0 Å². The lowest BCUT2D eigenvalue weighted by atomic mass is 10.2. The maximum Gasteiger partial charge on any atom is 0.0438 e. The van der Waals surface area contributed by atoms with Crippen molar-refractivity contribution in [1.82, 2.24) is 0 Å². The first-order valence-electron chi connectivity index (χ1n) is 3.72. The molecular weight excluding hydrogens is 146 g/mol. The van der Waals surface area contributed by atoms with Crippen LogP contribution in [0, 0.1) is 10.7 Å². The number of rotatable bonds is 4. The van der Waals surface area contributed by atoms with E-state index >= 15 is 0 Å². The summed E-state index contributed by atoms with van der Waals surface area (Å²) in [7, 11) is -2.21. The van der Waals surface area contributed by atoms with E-state index in [4.69, 9.17) is 4.78 Å². The average molecular weight is 163 g/mol. The Labute approximate surface area is 64.0 Å². The molecule has 0 aromatic heterocycles. The third-order valence-electron chi connectivity index (χ3n) is 1.49. The Morgan fingerprint density at radius 2 is 2.00 bits per heavy atom. The highest BCUT2D eigenvalue weighted by Crippen LogP contribution is 2.03. The zero-order valence-corrected chi connectivity index (χ0v) is 7.83. The summed E-state index contributed by atoms with van der Waals surface area (Å²) in [5.74, 6) is 1.64. The van der Waals surface area contributed by atoms with Crippen LogP contribution >= 0.6 is 0 Å². The zero-order valence-electron chi connectivity index (χ0n) is 7.02. The van der Waals surface area contributed by atoms with Crippen LogP contribution in [-0.4, -0.2) is 15.7 Å². The molecule has 0 unspecified atom stereocenters. The first-order valence-corrected chi connectivity index (χ1v) is 5.61. The summed E-state index contributed by atoms with van der Waals surface area (Å²) in [5.41, 5.74) is 0. The van der Waals surface area contributed by atoms with Gasteiger partial charge in [0, 0.05) is 21.2 Å². The second-order valence-electron chi connectivity index (χ2n) is 2.99. The highest BCUT2D eigenvalue weighted by molar-refractivity contribution is 7.92. The first-order chi connectivity index (χ1) is 4.48. The molecule has 1 atom stereocenters. The summed E-state index contributed by atoms with van der Waals surface area (Å²) in [6.45, 7) is 5.99. The number of hydrogen-bond donors (Lipinski definition) is 1. The SMILES string of the molecule is CC[S@](=N)(=O)CCC(C)C. The quantitative estimate of drug-likeness (QED) is 0.677. The molecule has 0 amide bonds. The van der Waals surface area contributed by atoms with E-state index in [2.05, 4.69) is 13.8 Å². The van der Waals surface area contributed by atoms with Crippen LogP contribution in [0.15, 0.2) is 0 Å². The zero-order chi connectivity index (χ0) is 8.20. The van der Waals surface area contributed by atoms with Crippen molar-refractivity contribution < 1.29 is 4.21 Å². The Kier molecular flexibility index (Phi) is 3.94. The maximum atomic E-state index is 11.1. The molecule has 0 aliphatic heterocycles. The van der Waals surface area contributed by atoms with Gasteiger partial charge in [-0.3, -0.25) is 4.78 Å². The van der Waals surface area contributed by atoms with Gasteiger partial charge in [-0.05, 0) is 12.3 Å². The van der Waals surface area contributed by atoms with Crippen LogP contribution < -0.4 is 0 Å². The van der Waals surface area contributed by atoms with E-state index in [1.165, 1.54) is 0 Å². The van der Waals surface area contributed by atoms with E-state index in [9.17, 15) is 4.21 Å². The van der Waals surface area contributed by atoms with Crippen LogP contribution in [-0.2, 0) is 9.73 Å². The van der Waals surface area contributed by atoms with Crippen molar-refractivity contribution in [3.63, 3.8) is 0 Å². The fourth-order valence-corrected chi connectivity index (χ4v) is 1.71. The van der Waals surface area contributed by atoms with Gasteiger partial charge in [0.1, 0.15) is 0 Å². The minimum absolute atomic E-state index is 0.500. The fourth-order valence-electron chi connectivity index (χ4n) is 0.570. The molecule has 2 nitrogen and oxygen atoms in total. The molecular formula is C7H17NOS. The van der Waals surface area contributed by atoms with Gasteiger partial charge in [0.2, 0.25) is 0 Å². The topological polar surface area (TPSA) is 40.9 Å². The van der Waals surface area contributed by atoms with Gasteiger partial charge in [-0.25, -0.2) is 4.21 Å². The van der Waals surface area contributed by atoms with Gasteiger partial charge in [-0.1, -0.05) is 20.8 Å². The van der Waals surface area contributed by atoms with Gasteiger partial charge in [-0.15, -0.1) is 0 Å². The summed E-state index contributed by atoms with van der Waals surface area (Å²) in [4.78, 5) is 0. The Bertz CT molecular complexity index is 170.